The second-order valence-corrected chi connectivity index (χ2v) is 4.41. The van der Waals surface area contributed by atoms with Crippen LogP contribution >= 0.6 is 0 Å². The minimum atomic E-state index is 0.167. The second kappa shape index (κ2) is 4.14. The van der Waals surface area contributed by atoms with Crippen molar-refractivity contribution in [3.8, 4) is 0 Å². The minimum Gasteiger partial charge on any atom is -0.341 e. The zero-order valence-corrected chi connectivity index (χ0v) is 9.35. The predicted octanol–water partition coefficient (Wildman–Crippen LogP) is 0.965. The van der Waals surface area contributed by atoms with E-state index in [2.05, 4.69) is 21.9 Å². The van der Waals surface area contributed by atoms with Crippen LogP contribution in [0.25, 0.3) is 0 Å². The molecule has 0 bridgehead atoms. The third-order valence-electron chi connectivity index (χ3n) is 2.66. The Morgan fingerprint density at radius 3 is 2.53 bits per heavy atom. The molecule has 1 aromatic heterocycles. The highest BCUT2D eigenvalue weighted by Crippen LogP contribution is 2.27. The number of nitrogens with zero attached hydrogens (tertiary/aromatic N) is 3. The van der Waals surface area contributed by atoms with Crippen molar-refractivity contribution in [2.45, 2.75) is 38.3 Å². The van der Waals surface area contributed by atoms with Crippen molar-refractivity contribution in [3.05, 3.63) is 18.0 Å². The lowest BCUT2D eigenvalue weighted by molar-refractivity contribution is 0.730. The molecule has 1 heterocycles. The molecule has 1 aliphatic rings. The lowest BCUT2D eigenvalue weighted by atomic mass is 10.1. The molecule has 82 valence electrons. The van der Waals surface area contributed by atoms with Crippen molar-refractivity contribution >= 4 is 5.95 Å². The Morgan fingerprint density at radius 2 is 2.07 bits per heavy atom. The Bertz CT molecular complexity index is 316. The average Bonchev–Trinajstić information content (AvgIpc) is 3.00. The molecular formula is C11H18N4. The predicted molar refractivity (Wildman–Crippen MR) is 60.8 cm³/mol. The van der Waals surface area contributed by atoms with E-state index >= 15 is 0 Å². The maximum atomic E-state index is 5.71. The maximum absolute atomic E-state index is 5.71. The standard InChI is InChI=1S/C11H18N4/c1-8(12)5-9-6-13-11(14-7-9)15(2)10-3-4-10/h6-8,10H,3-5,12H2,1-2H3. The zero-order valence-electron chi connectivity index (χ0n) is 9.35. The normalized spacial score (nSPS) is 17.5. The average molecular weight is 206 g/mol. The summed E-state index contributed by atoms with van der Waals surface area (Å²) >= 11 is 0. The summed E-state index contributed by atoms with van der Waals surface area (Å²) in [7, 11) is 2.05. The van der Waals surface area contributed by atoms with Gasteiger partial charge in [0.05, 0.1) is 0 Å². The van der Waals surface area contributed by atoms with Gasteiger partial charge in [0.15, 0.2) is 0 Å². The van der Waals surface area contributed by atoms with Gasteiger partial charge in [-0.05, 0) is 31.7 Å². The van der Waals surface area contributed by atoms with Crippen molar-refractivity contribution < 1.29 is 0 Å². The van der Waals surface area contributed by atoms with Gasteiger partial charge in [-0.2, -0.15) is 0 Å². The van der Waals surface area contributed by atoms with Gasteiger partial charge in [0.25, 0.3) is 0 Å². The van der Waals surface area contributed by atoms with Gasteiger partial charge < -0.3 is 10.6 Å². The summed E-state index contributed by atoms with van der Waals surface area (Å²) in [6.45, 7) is 1.99. The molecule has 0 radical (unpaired) electrons. The molecule has 4 nitrogen and oxygen atoms in total. The van der Waals surface area contributed by atoms with Gasteiger partial charge >= 0.3 is 0 Å². The van der Waals surface area contributed by atoms with Crippen LogP contribution in [0.4, 0.5) is 5.95 Å². The molecule has 1 atom stereocenters. The first-order chi connectivity index (χ1) is 7.16. The van der Waals surface area contributed by atoms with Crippen LogP contribution in [-0.2, 0) is 6.42 Å². The molecule has 1 unspecified atom stereocenters. The Kier molecular flexibility index (Phi) is 2.86. The third-order valence-corrected chi connectivity index (χ3v) is 2.66. The van der Waals surface area contributed by atoms with Gasteiger partial charge in [0.1, 0.15) is 0 Å². The first-order valence-electron chi connectivity index (χ1n) is 5.46. The van der Waals surface area contributed by atoms with Crippen LogP contribution in [0.1, 0.15) is 25.3 Å². The van der Waals surface area contributed by atoms with Crippen LogP contribution < -0.4 is 10.6 Å². The summed E-state index contributed by atoms with van der Waals surface area (Å²) in [5.41, 5.74) is 6.82. The van der Waals surface area contributed by atoms with Crippen LogP contribution in [-0.4, -0.2) is 29.1 Å². The molecule has 1 fully saturated rings. The maximum Gasteiger partial charge on any atom is 0.225 e. The summed E-state index contributed by atoms with van der Waals surface area (Å²) in [5, 5.41) is 0. The zero-order chi connectivity index (χ0) is 10.8. The first-order valence-corrected chi connectivity index (χ1v) is 5.46. The van der Waals surface area contributed by atoms with Crippen molar-refractivity contribution in [1.82, 2.24) is 9.97 Å². The van der Waals surface area contributed by atoms with E-state index < -0.39 is 0 Å². The SMILES string of the molecule is CC(N)Cc1cnc(N(C)C2CC2)nc1. The highest BCUT2D eigenvalue weighted by molar-refractivity contribution is 5.32. The van der Waals surface area contributed by atoms with Crippen LogP contribution in [0.5, 0.6) is 0 Å². The number of rotatable bonds is 4. The number of hydrogen-bond donors (Lipinski definition) is 1. The van der Waals surface area contributed by atoms with Gasteiger partial charge in [-0.3, -0.25) is 0 Å². The molecular weight excluding hydrogens is 188 g/mol. The van der Waals surface area contributed by atoms with Crippen molar-refractivity contribution in [2.75, 3.05) is 11.9 Å². The van der Waals surface area contributed by atoms with Gasteiger partial charge in [-0.25, -0.2) is 9.97 Å². The molecule has 4 heteroatoms. The van der Waals surface area contributed by atoms with E-state index in [0.29, 0.717) is 6.04 Å². The topological polar surface area (TPSA) is 55.0 Å². The summed E-state index contributed by atoms with van der Waals surface area (Å²) in [6, 6.07) is 0.824. The minimum absolute atomic E-state index is 0.167. The Morgan fingerprint density at radius 1 is 1.47 bits per heavy atom. The molecule has 1 aliphatic carbocycles. The lowest BCUT2D eigenvalue weighted by Gasteiger charge is -2.15. The van der Waals surface area contributed by atoms with Gasteiger partial charge in [-0.1, -0.05) is 0 Å². The third kappa shape index (κ3) is 2.65. The van der Waals surface area contributed by atoms with Crippen molar-refractivity contribution in [2.24, 2.45) is 5.73 Å². The quantitative estimate of drug-likeness (QED) is 0.797. The van der Waals surface area contributed by atoms with E-state index in [9.17, 15) is 0 Å². The second-order valence-electron chi connectivity index (χ2n) is 4.41. The fourth-order valence-corrected chi connectivity index (χ4v) is 1.63. The van der Waals surface area contributed by atoms with Crippen LogP contribution in [0, 0.1) is 0 Å². The smallest absolute Gasteiger partial charge is 0.225 e. The van der Waals surface area contributed by atoms with Crippen molar-refractivity contribution in [3.63, 3.8) is 0 Å². The summed E-state index contributed by atoms with van der Waals surface area (Å²) in [4.78, 5) is 10.9. The van der Waals surface area contributed by atoms with E-state index in [1.54, 1.807) is 0 Å². The molecule has 0 aliphatic heterocycles. The Labute approximate surface area is 90.5 Å². The van der Waals surface area contributed by atoms with E-state index in [0.717, 1.165) is 17.9 Å². The highest BCUT2D eigenvalue weighted by Gasteiger charge is 2.27. The molecule has 1 aromatic rings. The first kappa shape index (κ1) is 10.4. The van der Waals surface area contributed by atoms with Crippen molar-refractivity contribution in [1.29, 1.82) is 0 Å². The summed E-state index contributed by atoms with van der Waals surface area (Å²) < 4.78 is 0. The van der Waals surface area contributed by atoms with Gasteiger partial charge in [0, 0.05) is 31.5 Å². The lowest BCUT2D eigenvalue weighted by Crippen LogP contribution is -2.22. The van der Waals surface area contributed by atoms with Crippen LogP contribution in [0.3, 0.4) is 0 Å². The molecule has 1 saturated carbocycles. The monoisotopic (exact) mass is 206 g/mol. The van der Waals surface area contributed by atoms with Crippen LogP contribution in [0.15, 0.2) is 12.4 Å². The Balaban J connectivity index is 2.02. The molecule has 0 saturated heterocycles. The molecule has 0 amide bonds. The number of hydrogen-bond acceptors (Lipinski definition) is 4. The van der Waals surface area contributed by atoms with Gasteiger partial charge in [-0.15, -0.1) is 0 Å². The highest BCUT2D eigenvalue weighted by atomic mass is 15.3. The fraction of sp³-hybridized carbons (Fsp3) is 0.636. The van der Waals surface area contributed by atoms with Gasteiger partial charge in [0.2, 0.25) is 5.95 Å². The molecule has 0 aromatic carbocycles. The molecule has 2 N–H and O–H groups in total. The number of aromatic nitrogens is 2. The van der Waals surface area contributed by atoms with E-state index in [1.165, 1.54) is 12.8 Å². The fourth-order valence-electron chi connectivity index (χ4n) is 1.63. The number of anilines is 1. The van der Waals surface area contributed by atoms with E-state index in [1.807, 2.05) is 19.3 Å². The molecule has 15 heavy (non-hydrogen) atoms. The molecule has 2 rings (SSSR count). The largest absolute Gasteiger partial charge is 0.341 e. The van der Waals surface area contributed by atoms with Crippen LogP contribution in [0.2, 0.25) is 0 Å². The Hall–Kier alpha value is -1.16. The van der Waals surface area contributed by atoms with E-state index in [4.69, 9.17) is 5.73 Å². The molecule has 0 spiro atoms. The summed E-state index contributed by atoms with van der Waals surface area (Å²) in [6.07, 6.45) is 7.13. The summed E-state index contributed by atoms with van der Waals surface area (Å²) in [5.74, 6) is 0.825. The van der Waals surface area contributed by atoms with E-state index in [-0.39, 0.29) is 6.04 Å². The number of nitrogens with two attached hydrogens (primary N) is 1.